The number of hydrogen-bond donors (Lipinski definition) is 1. The van der Waals surface area contributed by atoms with Crippen molar-refractivity contribution < 1.29 is 18.8 Å². The number of rotatable bonds is 6. The number of imide groups is 1. The summed E-state index contributed by atoms with van der Waals surface area (Å²) in [5.41, 5.74) is 2.16. The van der Waals surface area contributed by atoms with Crippen molar-refractivity contribution in [1.82, 2.24) is 10.2 Å². The fourth-order valence-corrected chi connectivity index (χ4v) is 2.93. The highest BCUT2D eigenvalue weighted by atomic mass is 19.1. The van der Waals surface area contributed by atoms with E-state index in [9.17, 15) is 18.8 Å². The Morgan fingerprint density at radius 3 is 2.58 bits per heavy atom. The summed E-state index contributed by atoms with van der Waals surface area (Å²) < 4.78 is 12.8. The van der Waals surface area contributed by atoms with Gasteiger partial charge in [0.05, 0.1) is 6.42 Å². The number of halogens is 1. The molecule has 26 heavy (non-hydrogen) atoms. The van der Waals surface area contributed by atoms with Gasteiger partial charge in [-0.3, -0.25) is 19.3 Å². The molecule has 6 heteroatoms. The minimum atomic E-state index is -0.351. The lowest BCUT2D eigenvalue weighted by Crippen LogP contribution is -2.44. The third-order valence-electron chi connectivity index (χ3n) is 4.35. The molecule has 0 aliphatic carbocycles. The first kappa shape index (κ1) is 17.8. The molecule has 2 aromatic rings. The molecule has 5 nitrogen and oxygen atoms in total. The smallest absolute Gasteiger partial charge is 0.260 e. The van der Waals surface area contributed by atoms with Crippen molar-refractivity contribution in [3.63, 3.8) is 0 Å². The molecule has 1 heterocycles. The van der Waals surface area contributed by atoms with Gasteiger partial charge >= 0.3 is 0 Å². The molecule has 1 aliphatic heterocycles. The number of benzene rings is 2. The highest BCUT2D eigenvalue weighted by Gasteiger charge is 2.30. The molecule has 0 bridgehead atoms. The fourth-order valence-electron chi connectivity index (χ4n) is 2.93. The van der Waals surface area contributed by atoms with Crippen LogP contribution < -0.4 is 5.32 Å². The summed E-state index contributed by atoms with van der Waals surface area (Å²) in [4.78, 5) is 37.7. The number of amides is 3. The number of nitrogens with one attached hydrogen (secondary N) is 1. The molecule has 2 aromatic carbocycles. The normalized spacial score (nSPS) is 13.5. The molecule has 0 spiro atoms. The van der Waals surface area contributed by atoms with Gasteiger partial charge in [-0.15, -0.1) is 0 Å². The number of hydrogen-bond acceptors (Lipinski definition) is 3. The average Bonchev–Trinajstić information content (AvgIpc) is 2.63. The second kappa shape index (κ2) is 7.91. The van der Waals surface area contributed by atoms with Crippen LogP contribution in [0.1, 0.15) is 27.9 Å². The molecule has 0 atom stereocenters. The highest BCUT2D eigenvalue weighted by molar-refractivity contribution is 6.09. The van der Waals surface area contributed by atoms with Gasteiger partial charge in [-0.25, -0.2) is 4.39 Å². The first-order chi connectivity index (χ1) is 12.5. The van der Waals surface area contributed by atoms with Gasteiger partial charge < -0.3 is 5.32 Å². The summed E-state index contributed by atoms with van der Waals surface area (Å²) in [7, 11) is 0. The Bertz CT molecular complexity index is 833. The van der Waals surface area contributed by atoms with E-state index in [4.69, 9.17) is 0 Å². The Kier molecular flexibility index (Phi) is 5.41. The van der Waals surface area contributed by atoms with Crippen LogP contribution >= 0.6 is 0 Å². The first-order valence-corrected chi connectivity index (χ1v) is 8.48. The van der Waals surface area contributed by atoms with Crippen LogP contribution in [-0.4, -0.2) is 35.7 Å². The van der Waals surface area contributed by atoms with E-state index in [0.717, 1.165) is 16.0 Å². The van der Waals surface area contributed by atoms with Gasteiger partial charge in [-0.1, -0.05) is 30.3 Å². The number of carbonyl (C=O) groups is 3. The van der Waals surface area contributed by atoms with E-state index in [0.29, 0.717) is 18.5 Å². The Morgan fingerprint density at radius 2 is 1.81 bits per heavy atom. The van der Waals surface area contributed by atoms with E-state index in [2.05, 4.69) is 5.32 Å². The molecule has 0 fully saturated rings. The zero-order chi connectivity index (χ0) is 18.5. The maximum atomic E-state index is 12.8. The molecule has 0 saturated heterocycles. The van der Waals surface area contributed by atoms with Gasteiger partial charge in [0.1, 0.15) is 5.82 Å². The topological polar surface area (TPSA) is 66.5 Å². The quantitative estimate of drug-likeness (QED) is 0.808. The summed E-state index contributed by atoms with van der Waals surface area (Å²) in [5.74, 6) is -1.16. The van der Waals surface area contributed by atoms with Gasteiger partial charge in [0.15, 0.2) is 0 Å². The lowest BCUT2D eigenvalue weighted by molar-refractivity contribution is -0.129. The molecule has 0 radical (unpaired) electrons. The van der Waals surface area contributed by atoms with Gasteiger partial charge in [0.2, 0.25) is 11.8 Å². The van der Waals surface area contributed by atoms with Crippen LogP contribution in [0.3, 0.4) is 0 Å². The van der Waals surface area contributed by atoms with Crippen LogP contribution in [-0.2, 0) is 22.4 Å². The van der Waals surface area contributed by atoms with E-state index in [1.807, 2.05) is 0 Å². The molecular formula is C20H19FN2O3. The lowest BCUT2D eigenvalue weighted by atomic mass is 9.98. The van der Waals surface area contributed by atoms with E-state index >= 15 is 0 Å². The Labute approximate surface area is 150 Å². The predicted molar refractivity (Wildman–Crippen MR) is 93.9 cm³/mol. The van der Waals surface area contributed by atoms with Crippen molar-refractivity contribution in [1.29, 1.82) is 0 Å². The minimum Gasteiger partial charge on any atom is -0.356 e. The molecule has 1 N–H and O–H groups in total. The van der Waals surface area contributed by atoms with Crippen molar-refractivity contribution in [2.75, 3.05) is 13.1 Å². The molecular weight excluding hydrogens is 335 g/mol. The number of carbonyl (C=O) groups excluding carboxylic acids is 3. The Morgan fingerprint density at radius 1 is 1.08 bits per heavy atom. The van der Waals surface area contributed by atoms with Gasteiger partial charge in [-0.2, -0.15) is 0 Å². The fraction of sp³-hybridized carbons (Fsp3) is 0.250. The van der Waals surface area contributed by atoms with Crippen LogP contribution in [0.25, 0.3) is 0 Å². The van der Waals surface area contributed by atoms with Crippen LogP contribution in [0.15, 0.2) is 48.5 Å². The van der Waals surface area contributed by atoms with Gasteiger partial charge in [0.25, 0.3) is 5.91 Å². The van der Waals surface area contributed by atoms with Crippen molar-refractivity contribution in [2.45, 2.75) is 19.3 Å². The molecule has 134 valence electrons. The number of nitrogens with zero attached hydrogens (tertiary/aromatic N) is 1. The summed E-state index contributed by atoms with van der Waals surface area (Å²) >= 11 is 0. The molecule has 0 aromatic heterocycles. The first-order valence-electron chi connectivity index (χ1n) is 8.48. The summed E-state index contributed by atoms with van der Waals surface area (Å²) in [6.07, 6.45) is 0.818. The second-order valence-electron chi connectivity index (χ2n) is 6.16. The van der Waals surface area contributed by atoms with Crippen LogP contribution in [0.5, 0.6) is 0 Å². The standard InChI is InChI=1S/C20H19FN2O3/c21-16-7-5-14(6-8-16)9-11-22-18(24)10-12-23-19(25)13-15-3-1-2-4-17(15)20(23)26/h1-8H,9-13H2,(H,22,24). The summed E-state index contributed by atoms with van der Waals surface area (Å²) in [5, 5.41) is 2.75. The maximum Gasteiger partial charge on any atom is 0.260 e. The molecule has 3 amide bonds. The van der Waals surface area contributed by atoms with Crippen LogP contribution in [0.2, 0.25) is 0 Å². The zero-order valence-corrected chi connectivity index (χ0v) is 14.2. The molecule has 1 aliphatic rings. The minimum absolute atomic E-state index is 0.0586. The van der Waals surface area contributed by atoms with Gasteiger partial charge in [-0.05, 0) is 35.7 Å². The highest BCUT2D eigenvalue weighted by Crippen LogP contribution is 2.19. The third-order valence-corrected chi connectivity index (χ3v) is 4.35. The van der Waals surface area contributed by atoms with Crippen molar-refractivity contribution in [3.05, 3.63) is 71.0 Å². The lowest BCUT2D eigenvalue weighted by Gasteiger charge is -2.26. The largest absolute Gasteiger partial charge is 0.356 e. The van der Waals surface area contributed by atoms with Crippen LogP contribution in [0, 0.1) is 5.82 Å². The maximum absolute atomic E-state index is 12.8. The predicted octanol–water partition coefficient (Wildman–Crippen LogP) is 2.10. The van der Waals surface area contributed by atoms with Crippen molar-refractivity contribution in [2.24, 2.45) is 0 Å². The molecule has 0 unspecified atom stereocenters. The van der Waals surface area contributed by atoms with Crippen LogP contribution in [0.4, 0.5) is 4.39 Å². The Balaban J connectivity index is 1.47. The van der Waals surface area contributed by atoms with E-state index in [1.54, 1.807) is 36.4 Å². The van der Waals surface area contributed by atoms with E-state index in [1.165, 1.54) is 12.1 Å². The summed E-state index contributed by atoms with van der Waals surface area (Å²) in [6.45, 7) is 0.476. The zero-order valence-electron chi connectivity index (χ0n) is 14.2. The second-order valence-corrected chi connectivity index (χ2v) is 6.16. The Hall–Kier alpha value is -3.02. The van der Waals surface area contributed by atoms with E-state index in [-0.39, 0.29) is 42.9 Å². The SMILES string of the molecule is O=C(CCN1C(=O)Cc2ccccc2C1=O)NCCc1ccc(F)cc1. The van der Waals surface area contributed by atoms with E-state index < -0.39 is 0 Å². The summed E-state index contributed by atoms with van der Waals surface area (Å²) in [6, 6.07) is 13.1. The monoisotopic (exact) mass is 354 g/mol. The van der Waals surface area contributed by atoms with Crippen molar-refractivity contribution in [3.8, 4) is 0 Å². The third kappa shape index (κ3) is 4.14. The van der Waals surface area contributed by atoms with Gasteiger partial charge in [0, 0.05) is 25.1 Å². The average molecular weight is 354 g/mol. The number of fused-ring (bicyclic) bond motifs is 1. The molecule has 3 rings (SSSR count). The van der Waals surface area contributed by atoms with Crippen molar-refractivity contribution >= 4 is 17.7 Å². The molecule has 0 saturated carbocycles.